The molecule has 0 aromatic carbocycles. The van der Waals surface area contributed by atoms with E-state index in [9.17, 15) is 0 Å². The Balaban J connectivity index is 2.07. The summed E-state index contributed by atoms with van der Waals surface area (Å²) in [5.41, 5.74) is 0.537. The third-order valence-corrected chi connectivity index (χ3v) is 3.49. The fourth-order valence-electron chi connectivity index (χ4n) is 1.64. The van der Waals surface area contributed by atoms with Crippen molar-refractivity contribution >= 4 is 12.6 Å². The third-order valence-electron chi connectivity index (χ3n) is 2.82. The number of ether oxygens (including phenoxy) is 1. The van der Waals surface area contributed by atoms with Crippen LogP contribution in [0.4, 0.5) is 0 Å². The zero-order chi connectivity index (χ0) is 10.6. The van der Waals surface area contributed by atoms with E-state index in [4.69, 9.17) is 4.74 Å². The molecule has 0 atom stereocenters. The monoisotopic (exact) mass is 217 g/mol. The summed E-state index contributed by atoms with van der Waals surface area (Å²) in [5.74, 6) is 1.03. The fourth-order valence-corrected chi connectivity index (χ4v) is 2.06. The molecule has 84 valence electrons. The first-order chi connectivity index (χ1) is 6.58. The van der Waals surface area contributed by atoms with Gasteiger partial charge >= 0.3 is 0 Å². The smallest absolute Gasteiger partial charge is 0.0596 e. The molecule has 0 saturated heterocycles. The maximum atomic E-state index is 5.52. The molecule has 0 N–H and O–H groups in total. The predicted octanol–water partition coefficient (Wildman–Crippen LogP) is 2.05. The van der Waals surface area contributed by atoms with Gasteiger partial charge in [-0.3, -0.25) is 0 Å². The average molecular weight is 217 g/mol. The minimum Gasteiger partial charge on any atom is -0.377 e. The lowest BCUT2D eigenvalue weighted by molar-refractivity contribution is 0.0611. The first-order valence-corrected chi connectivity index (χ1v) is 6.12. The lowest BCUT2D eigenvalue weighted by Gasteiger charge is -2.22. The average Bonchev–Trinajstić information content (AvgIpc) is 2.85. The van der Waals surface area contributed by atoms with Gasteiger partial charge in [-0.1, -0.05) is 0 Å². The van der Waals surface area contributed by atoms with Crippen LogP contribution in [0.2, 0.25) is 0 Å². The Kier molecular flexibility index (Phi) is 4.74. The van der Waals surface area contributed by atoms with Crippen molar-refractivity contribution in [3.63, 3.8) is 0 Å². The summed E-state index contributed by atoms with van der Waals surface area (Å²) in [7, 11) is 2.17. The van der Waals surface area contributed by atoms with Crippen LogP contribution in [0.1, 0.15) is 26.7 Å². The summed E-state index contributed by atoms with van der Waals surface area (Å²) in [4.78, 5) is 2.37. The van der Waals surface area contributed by atoms with Crippen molar-refractivity contribution in [2.24, 2.45) is 5.41 Å². The van der Waals surface area contributed by atoms with Crippen LogP contribution in [0.3, 0.4) is 0 Å². The van der Waals surface area contributed by atoms with E-state index < -0.39 is 0 Å². The number of hydrogen-bond acceptors (Lipinski definition) is 3. The van der Waals surface area contributed by atoms with Gasteiger partial charge in [-0.25, -0.2) is 0 Å². The van der Waals surface area contributed by atoms with E-state index in [-0.39, 0.29) is 0 Å². The topological polar surface area (TPSA) is 12.5 Å². The number of likely N-dealkylation sites (N-methyl/N-ethyl adjacent to an activating group) is 1. The van der Waals surface area contributed by atoms with E-state index in [0.29, 0.717) is 11.5 Å². The SMILES string of the molecule is CC(C)OCCN(C)CC1(CS)CC1. The van der Waals surface area contributed by atoms with E-state index in [2.05, 4.69) is 38.4 Å². The van der Waals surface area contributed by atoms with Crippen LogP contribution >= 0.6 is 12.6 Å². The Labute approximate surface area is 93.4 Å². The molecule has 1 rings (SSSR count). The van der Waals surface area contributed by atoms with Gasteiger partial charge in [0.05, 0.1) is 12.7 Å². The molecule has 0 heterocycles. The van der Waals surface area contributed by atoms with Crippen LogP contribution < -0.4 is 0 Å². The molecule has 0 unspecified atom stereocenters. The Hall–Kier alpha value is 0.270. The number of thiol groups is 1. The summed E-state index contributed by atoms with van der Waals surface area (Å²) in [5, 5.41) is 0. The highest BCUT2D eigenvalue weighted by atomic mass is 32.1. The van der Waals surface area contributed by atoms with Crippen LogP contribution in [0.25, 0.3) is 0 Å². The molecule has 1 aliphatic carbocycles. The van der Waals surface area contributed by atoms with Gasteiger partial charge in [0.25, 0.3) is 0 Å². The van der Waals surface area contributed by atoms with Crippen molar-refractivity contribution in [3.8, 4) is 0 Å². The summed E-state index contributed by atoms with van der Waals surface area (Å²) in [6.07, 6.45) is 3.06. The molecule has 0 spiro atoms. The lowest BCUT2D eigenvalue weighted by atomic mass is 10.1. The largest absolute Gasteiger partial charge is 0.377 e. The van der Waals surface area contributed by atoms with Crippen LogP contribution in [-0.4, -0.2) is 43.5 Å². The fraction of sp³-hybridized carbons (Fsp3) is 1.00. The van der Waals surface area contributed by atoms with Crippen LogP contribution in [0.5, 0.6) is 0 Å². The molecular formula is C11H23NOS. The van der Waals surface area contributed by atoms with E-state index >= 15 is 0 Å². The maximum Gasteiger partial charge on any atom is 0.0596 e. The van der Waals surface area contributed by atoms with Crippen molar-refractivity contribution in [3.05, 3.63) is 0 Å². The van der Waals surface area contributed by atoms with Crippen LogP contribution in [0.15, 0.2) is 0 Å². The van der Waals surface area contributed by atoms with Gasteiger partial charge in [-0.15, -0.1) is 0 Å². The van der Waals surface area contributed by atoms with Gasteiger partial charge in [-0.05, 0) is 44.9 Å². The molecule has 1 aliphatic rings. The summed E-state index contributed by atoms with van der Waals surface area (Å²) in [6.45, 7) is 7.22. The minimum absolute atomic E-state index is 0.350. The molecule has 0 radical (unpaired) electrons. The Bertz CT molecular complexity index is 169. The first kappa shape index (κ1) is 12.3. The number of rotatable bonds is 7. The Morgan fingerprint density at radius 3 is 2.50 bits per heavy atom. The van der Waals surface area contributed by atoms with Crippen molar-refractivity contribution in [2.45, 2.75) is 32.8 Å². The molecule has 1 saturated carbocycles. The summed E-state index contributed by atoms with van der Waals surface area (Å²) >= 11 is 4.40. The molecule has 14 heavy (non-hydrogen) atoms. The highest BCUT2D eigenvalue weighted by Crippen LogP contribution is 2.46. The van der Waals surface area contributed by atoms with Crippen molar-refractivity contribution in [1.82, 2.24) is 4.90 Å². The summed E-state index contributed by atoms with van der Waals surface area (Å²) in [6, 6.07) is 0. The van der Waals surface area contributed by atoms with Gasteiger partial charge < -0.3 is 9.64 Å². The standard InChI is InChI=1S/C11H23NOS/c1-10(2)13-7-6-12(3)8-11(9-14)4-5-11/h10,14H,4-9H2,1-3H3. The second-order valence-electron chi connectivity index (χ2n) is 4.82. The van der Waals surface area contributed by atoms with Crippen LogP contribution in [-0.2, 0) is 4.74 Å². The highest BCUT2D eigenvalue weighted by molar-refractivity contribution is 7.80. The van der Waals surface area contributed by atoms with Gasteiger partial charge in [0.15, 0.2) is 0 Å². The van der Waals surface area contributed by atoms with Crippen LogP contribution in [0, 0.1) is 5.41 Å². The third kappa shape index (κ3) is 4.20. The molecule has 2 nitrogen and oxygen atoms in total. The Morgan fingerprint density at radius 1 is 1.43 bits per heavy atom. The first-order valence-electron chi connectivity index (χ1n) is 5.49. The lowest BCUT2D eigenvalue weighted by Crippen LogP contribution is -2.31. The van der Waals surface area contributed by atoms with E-state index in [1.165, 1.54) is 19.4 Å². The van der Waals surface area contributed by atoms with Crippen molar-refractivity contribution in [2.75, 3.05) is 32.5 Å². The molecular weight excluding hydrogens is 194 g/mol. The van der Waals surface area contributed by atoms with Gasteiger partial charge in [0.1, 0.15) is 0 Å². The minimum atomic E-state index is 0.350. The highest BCUT2D eigenvalue weighted by Gasteiger charge is 2.41. The van der Waals surface area contributed by atoms with E-state index in [1.807, 2.05) is 0 Å². The molecule has 0 amide bonds. The quantitative estimate of drug-likeness (QED) is 0.655. The Morgan fingerprint density at radius 2 is 2.07 bits per heavy atom. The summed E-state index contributed by atoms with van der Waals surface area (Å²) < 4.78 is 5.52. The molecule has 1 fully saturated rings. The van der Waals surface area contributed by atoms with Gasteiger partial charge in [0.2, 0.25) is 0 Å². The molecule has 0 aliphatic heterocycles. The van der Waals surface area contributed by atoms with Crippen molar-refractivity contribution < 1.29 is 4.74 Å². The predicted molar refractivity (Wildman–Crippen MR) is 64.1 cm³/mol. The zero-order valence-corrected chi connectivity index (χ0v) is 10.5. The second kappa shape index (κ2) is 5.38. The van der Waals surface area contributed by atoms with E-state index in [0.717, 1.165) is 18.9 Å². The van der Waals surface area contributed by atoms with Crippen molar-refractivity contribution in [1.29, 1.82) is 0 Å². The van der Waals surface area contributed by atoms with Gasteiger partial charge in [0, 0.05) is 13.1 Å². The maximum absolute atomic E-state index is 5.52. The number of nitrogens with zero attached hydrogens (tertiary/aromatic N) is 1. The second-order valence-corrected chi connectivity index (χ2v) is 5.13. The molecule has 0 aromatic rings. The molecule has 3 heteroatoms. The number of hydrogen-bond donors (Lipinski definition) is 1. The zero-order valence-electron chi connectivity index (χ0n) is 9.62. The van der Waals surface area contributed by atoms with E-state index in [1.54, 1.807) is 0 Å². The molecule has 0 bridgehead atoms. The van der Waals surface area contributed by atoms with Gasteiger partial charge in [-0.2, -0.15) is 12.6 Å². The molecule has 0 aromatic heterocycles. The normalized spacial score (nSPS) is 19.3.